The van der Waals surface area contributed by atoms with E-state index in [9.17, 15) is 0 Å². The molecule has 0 aromatic heterocycles. The Morgan fingerprint density at radius 3 is 2.83 bits per heavy atom. The Kier molecular flexibility index (Phi) is 3.96. The molecule has 0 amide bonds. The second kappa shape index (κ2) is 5.85. The maximum atomic E-state index is 3.44. The molecule has 1 N–H and O–H groups in total. The Morgan fingerprint density at radius 1 is 1.06 bits per heavy atom. The molecule has 2 heteroatoms. The monoisotopic (exact) mass is 244 g/mol. The number of hydrogen-bond donors (Lipinski definition) is 1. The van der Waals surface area contributed by atoms with Crippen molar-refractivity contribution in [3.8, 4) is 0 Å². The van der Waals surface area contributed by atoms with E-state index in [1.807, 2.05) is 0 Å². The zero-order valence-corrected chi connectivity index (χ0v) is 11.3. The summed E-state index contributed by atoms with van der Waals surface area (Å²) in [6, 6.07) is 7.10. The normalized spacial score (nSPS) is 20.7. The quantitative estimate of drug-likeness (QED) is 0.878. The minimum atomic E-state index is 1.06. The van der Waals surface area contributed by atoms with E-state index in [1.54, 1.807) is 5.56 Å². The zero-order chi connectivity index (χ0) is 12.2. The molecule has 0 spiro atoms. The molecule has 2 nitrogen and oxygen atoms in total. The predicted molar refractivity (Wildman–Crippen MR) is 75.8 cm³/mol. The van der Waals surface area contributed by atoms with Crippen LogP contribution in [0.3, 0.4) is 0 Å². The number of nitrogens with one attached hydrogen (secondary N) is 1. The Hall–Kier alpha value is -0.860. The first-order valence-corrected chi connectivity index (χ1v) is 7.45. The van der Waals surface area contributed by atoms with Crippen LogP contribution < -0.4 is 5.32 Å². The van der Waals surface area contributed by atoms with E-state index in [-0.39, 0.29) is 0 Å². The van der Waals surface area contributed by atoms with E-state index >= 15 is 0 Å². The van der Waals surface area contributed by atoms with Gasteiger partial charge in [-0.15, -0.1) is 0 Å². The molecule has 0 radical (unpaired) electrons. The van der Waals surface area contributed by atoms with Crippen LogP contribution in [-0.2, 0) is 19.4 Å². The van der Waals surface area contributed by atoms with Crippen molar-refractivity contribution in [2.75, 3.05) is 26.2 Å². The summed E-state index contributed by atoms with van der Waals surface area (Å²) < 4.78 is 0. The average Bonchev–Trinajstić information content (AvgIpc) is 2.46. The Morgan fingerprint density at radius 2 is 1.94 bits per heavy atom. The number of rotatable bonds is 3. The number of piperidine rings is 1. The van der Waals surface area contributed by atoms with Crippen LogP contribution >= 0.6 is 0 Å². The lowest BCUT2D eigenvalue weighted by Crippen LogP contribution is -2.31. The van der Waals surface area contributed by atoms with Gasteiger partial charge in [0, 0.05) is 13.1 Å². The third kappa shape index (κ3) is 2.93. The molecule has 0 bridgehead atoms. The molecule has 0 saturated carbocycles. The smallest absolute Gasteiger partial charge is 0.0208 e. The van der Waals surface area contributed by atoms with Gasteiger partial charge in [-0.05, 0) is 62.0 Å². The van der Waals surface area contributed by atoms with Gasteiger partial charge < -0.3 is 10.2 Å². The van der Waals surface area contributed by atoms with Crippen molar-refractivity contribution in [1.29, 1.82) is 0 Å². The first kappa shape index (κ1) is 12.2. The molecule has 1 saturated heterocycles. The molecule has 98 valence electrons. The fourth-order valence-electron chi connectivity index (χ4n) is 3.16. The lowest BCUT2D eigenvalue weighted by atomic mass is 9.97. The van der Waals surface area contributed by atoms with Gasteiger partial charge >= 0.3 is 0 Å². The summed E-state index contributed by atoms with van der Waals surface area (Å²) in [7, 11) is 0. The van der Waals surface area contributed by atoms with Gasteiger partial charge in [0.15, 0.2) is 0 Å². The Labute approximate surface area is 110 Å². The highest BCUT2D eigenvalue weighted by molar-refractivity contribution is 5.33. The molecule has 0 unspecified atom stereocenters. The molecule has 1 aromatic carbocycles. The number of nitrogens with zero attached hydrogens (tertiary/aromatic N) is 1. The van der Waals surface area contributed by atoms with E-state index in [2.05, 4.69) is 28.4 Å². The van der Waals surface area contributed by atoms with E-state index in [0.717, 1.165) is 13.1 Å². The number of likely N-dealkylation sites (tertiary alicyclic amines) is 1. The summed E-state index contributed by atoms with van der Waals surface area (Å²) in [5.41, 5.74) is 4.61. The van der Waals surface area contributed by atoms with Crippen molar-refractivity contribution in [3.63, 3.8) is 0 Å². The SMILES string of the molecule is c1cc2c(cc1CCN1CCCCC1)CCNC2. The first-order valence-electron chi connectivity index (χ1n) is 7.45. The Bertz CT molecular complexity index is 394. The largest absolute Gasteiger partial charge is 0.312 e. The highest BCUT2D eigenvalue weighted by atomic mass is 15.1. The van der Waals surface area contributed by atoms with Gasteiger partial charge in [-0.1, -0.05) is 24.6 Å². The van der Waals surface area contributed by atoms with Crippen LogP contribution in [0.15, 0.2) is 18.2 Å². The van der Waals surface area contributed by atoms with Crippen LogP contribution in [0.1, 0.15) is 36.0 Å². The van der Waals surface area contributed by atoms with Crippen molar-refractivity contribution in [1.82, 2.24) is 10.2 Å². The van der Waals surface area contributed by atoms with E-state index < -0.39 is 0 Å². The third-order valence-electron chi connectivity index (χ3n) is 4.32. The van der Waals surface area contributed by atoms with Gasteiger partial charge in [-0.25, -0.2) is 0 Å². The molecule has 2 aliphatic rings. The molecular weight excluding hydrogens is 220 g/mol. The summed E-state index contributed by atoms with van der Waals surface area (Å²) >= 11 is 0. The highest BCUT2D eigenvalue weighted by Crippen LogP contribution is 2.17. The summed E-state index contributed by atoms with van der Waals surface area (Å²) in [6.45, 7) is 6.07. The van der Waals surface area contributed by atoms with Gasteiger partial charge in [0.05, 0.1) is 0 Å². The molecule has 2 heterocycles. The maximum absolute atomic E-state index is 3.44. The molecule has 0 atom stereocenters. The standard InChI is InChI=1S/C16H24N2/c1-2-9-18(10-3-1)11-7-14-4-5-16-13-17-8-6-15(16)12-14/h4-5,12,17H,1-3,6-11,13H2. The Balaban J connectivity index is 1.58. The van der Waals surface area contributed by atoms with Crippen molar-refractivity contribution in [3.05, 3.63) is 34.9 Å². The van der Waals surface area contributed by atoms with Crippen molar-refractivity contribution >= 4 is 0 Å². The second-order valence-corrected chi connectivity index (χ2v) is 5.68. The minimum Gasteiger partial charge on any atom is -0.312 e. The average molecular weight is 244 g/mol. The van der Waals surface area contributed by atoms with E-state index in [1.165, 1.54) is 62.9 Å². The lowest BCUT2D eigenvalue weighted by Gasteiger charge is -2.26. The lowest BCUT2D eigenvalue weighted by molar-refractivity contribution is 0.231. The fourth-order valence-corrected chi connectivity index (χ4v) is 3.16. The van der Waals surface area contributed by atoms with Crippen LogP contribution in [0.25, 0.3) is 0 Å². The number of hydrogen-bond acceptors (Lipinski definition) is 2. The number of benzene rings is 1. The molecule has 2 aliphatic heterocycles. The van der Waals surface area contributed by atoms with Gasteiger partial charge in [0.2, 0.25) is 0 Å². The maximum Gasteiger partial charge on any atom is 0.0208 e. The molecule has 1 aromatic rings. The van der Waals surface area contributed by atoms with Gasteiger partial charge in [0.25, 0.3) is 0 Å². The fraction of sp³-hybridized carbons (Fsp3) is 0.625. The second-order valence-electron chi connectivity index (χ2n) is 5.68. The minimum absolute atomic E-state index is 1.06. The summed E-state index contributed by atoms with van der Waals surface area (Å²) in [5, 5.41) is 3.44. The van der Waals surface area contributed by atoms with E-state index in [0.29, 0.717) is 0 Å². The summed E-state index contributed by atoms with van der Waals surface area (Å²) in [5.74, 6) is 0. The van der Waals surface area contributed by atoms with Crippen LogP contribution in [0.4, 0.5) is 0 Å². The van der Waals surface area contributed by atoms with Crippen molar-refractivity contribution in [2.24, 2.45) is 0 Å². The highest BCUT2D eigenvalue weighted by Gasteiger charge is 2.11. The van der Waals surface area contributed by atoms with Gasteiger partial charge in [0.1, 0.15) is 0 Å². The first-order chi connectivity index (χ1) is 8.92. The molecule has 1 fully saturated rings. The third-order valence-corrected chi connectivity index (χ3v) is 4.32. The van der Waals surface area contributed by atoms with Crippen LogP contribution in [-0.4, -0.2) is 31.1 Å². The van der Waals surface area contributed by atoms with Crippen LogP contribution in [0, 0.1) is 0 Å². The van der Waals surface area contributed by atoms with Crippen molar-refractivity contribution < 1.29 is 0 Å². The van der Waals surface area contributed by atoms with E-state index in [4.69, 9.17) is 0 Å². The molecular formula is C16H24N2. The molecule has 3 rings (SSSR count). The van der Waals surface area contributed by atoms with Gasteiger partial charge in [-0.2, -0.15) is 0 Å². The zero-order valence-electron chi connectivity index (χ0n) is 11.3. The number of fused-ring (bicyclic) bond motifs is 1. The van der Waals surface area contributed by atoms with Crippen molar-refractivity contribution in [2.45, 2.75) is 38.6 Å². The summed E-state index contributed by atoms with van der Waals surface area (Å²) in [4.78, 5) is 2.63. The van der Waals surface area contributed by atoms with Gasteiger partial charge in [-0.3, -0.25) is 0 Å². The van der Waals surface area contributed by atoms with Crippen LogP contribution in [0.2, 0.25) is 0 Å². The molecule has 0 aliphatic carbocycles. The predicted octanol–water partition coefficient (Wildman–Crippen LogP) is 2.36. The molecule has 18 heavy (non-hydrogen) atoms. The van der Waals surface area contributed by atoms with Crippen LogP contribution in [0.5, 0.6) is 0 Å². The summed E-state index contributed by atoms with van der Waals surface area (Å²) in [6.07, 6.45) is 6.65. The topological polar surface area (TPSA) is 15.3 Å².